The number of allylic oxidation sites excluding steroid dienone is 2. The molecule has 3 heteroatoms. The lowest BCUT2D eigenvalue weighted by atomic mass is 9.97. The number of benzene rings is 2. The average molecular weight is 383 g/mol. The normalized spacial score (nSPS) is 26.9. The molecule has 2 aliphatic rings. The van der Waals surface area contributed by atoms with Gasteiger partial charge in [0.05, 0.1) is 9.75 Å². The van der Waals surface area contributed by atoms with E-state index < -0.39 is 9.75 Å². The van der Waals surface area contributed by atoms with Gasteiger partial charge in [0.15, 0.2) is 0 Å². The predicted molar refractivity (Wildman–Crippen MR) is 110 cm³/mol. The van der Waals surface area contributed by atoms with E-state index in [0.29, 0.717) is 9.52 Å². The summed E-state index contributed by atoms with van der Waals surface area (Å²) in [7, 11) is 0.507. The molecule has 0 spiro atoms. The highest BCUT2D eigenvalue weighted by atomic mass is 35.5. The lowest BCUT2D eigenvalue weighted by Gasteiger charge is -2.30. The van der Waals surface area contributed by atoms with Gasteiger partial charge in [0, 0.05) is 0 Å². The third kappa shape index (κ3) is 2.48. The number of rotatable bonds is 4. The predicted octanol–water partition coefficient (Wildman–Crippen LogP) is 6.49. The Morgan fingerprint density at radius 1 is 0.720 bits per heavy atom. The standard InChI is InChI=1S/C22H20Cl2Si/c1-3-21(23)17-11-7-5-9-15(17)13-19(21)25-20-14-16-10-6-8-12-18(16)22(20,24)4-2/h5-14H,3-4H2,1-2H3. The third-order valence-electron chi connectivity index (χ3n) is 5.47. The van der Waals surface area contributed by atoms with E-state index >= 15 is 0 Å². The van der Waals surface area contributed by atoms with Crippen LogP contribution in [0.2, 0.25) is 0 Å². The van der Waals surface area contributed by atoms with E-state index in [-0.39, 0.29) is 0 Å². The van der Waals surface area contributed by atoms with Crippen molar-refractivity contribution < 1.29 is 0 Å². The van der Waals surface area contributed by atoms with Crippen LogP contribution in [0, 0.1) is 0 Å². The zero-order chi connectivity index (χ0) is 17.7. The van der Waals surface area contributed by atoms with E-state index in [2.05, 4.69) is 74.5 Å². The maximum Gasteiger partial charge on any atom is 0.115 e. The molecule has 0 heterocycles. The van der Waals surface area contributed by atoms with Crippen molar-refractivity contribution in [1.82, 2.24) is 0 Å². The second-order valence-corrected chi connectivity index (χ2v) is 9.34. The molecule has 2 aromatic carbocycles. The van der Waals surface area contributed by atoms with Gasteiger partial charge in [-0.2, -0.15) is 0 Å². The summed E-state index contributed by atoms with van der Waals surface area (Å²) >= 11 is 14.3. The fourth-order valence-electron chi connectivity index (χ4n) is 3.97. The average Bonchev–Trinajstić information content (AvgIpc) is 3.09. The van der Waals surface area contributed by atoms with E-state index in [1.807, 2.05) is 0 Å². The minimum absolute atomic E-state index is 0.407. The molecule has 2 radical (unpaired) electrons. The van der Waals surface area contributed by atoms with Crippen LogP contribution in [0.5, 0.6) is 0 Å². The fourth-order valence-corrected chi connectivity index (χ4v) is 6.48. The van der Waals surface area contributed by atoms with Crippen molar-refractivity contribution in [2.24, 2.45) is 0 Å². The SMILES string of the molecule is CCC1(Cl)C([Si]C2=Cc3ccccc3C2(Cl)CC)=Cc2ccccc21. The molecule has 0 saturated carbocycles. The molecule has 0 nitrogen and oxygen atoms in total. The summed E-state index contributed by atoms with van der Waals surface area (Å²) in [6, 6.07) is 16.9. The molecule has 126 valence electrons. The summed E-state index contributed by atoms with van der Waals surface area (Å²) in [5, 5.41) is 2.57. The first kappa shape index (κ1) is 17.1. The van der Waals surface area contributed by atoms with Gasteiger partial charge in [0.1, 0.15) is 9.52 Å². The number of hydrogen-bond acceptors (Lipinski definition) is 0. The largest absolute Gasteiger partial charge is 0.115 e. The molecule has 0 N–H and O–H groups in total. The van der Waals surface area contributed by atoms with Crippen molar-refractivity contribution in [3.8, 4) is 0 Å². The van der Waals surface area contributed by atoms with Crippen LogP contribution in [0.4, 0.5) is 0 Å². The van der Waals surface area contributed by atoms with Gasteiger partial charge in [-0.3, -0.25) is 0 Å². The molecule has 0 fully saturated rings. The van der Waals surface area contributed by atoms with Gasteiger partial charge in [-0.05, 0) is 35.1 Å². The Kier molecular flexibility index (Phi) is 4.22. The van der Waals surface area contributed by atoms with E-state index in [1.165, 1.54) is 32.6 Å². The van der Waals surface area contributed by atoms with Gasteiger partial charge in [0.2, 0.25) is 0 Å². The first-order valence-corrected chi connectivity index (χ1v) is 10.6. The Bertz CT molecular complexity index is 825. The second-order valence-electron chi connectivity index (χ2n) is 6.72. The molecule has 0 aromatic heterocycles. The third-order valence-corrected chi connectivity index (χ3v) is 8.82. The van der Waals surface area contributed by atoms with E-state index in [9.17, 15) is 0 Å². The van der Waals surface area contributed by atoms with E-state index in [1.54, 1.807) is 0 Å². The molecule has 25 heavy (non-hydrogen) atoms. The van der Waals surface area contributed by atoms with Crippen LogP contribution < -0.4 is 0 Å². The van der Waals surface area contributed by atoms with E-state index in [0.717, 1.165) is 12.8 Å². The van der Waals surface area contributed by atoms with Crippen molar-refractivity contribution >= 4 is 44.9 Å². The summed E-state index contributed by atoms with van der Waals surface area (Å²) in [5.41, 5.74) is 4.95. The summed E-state index contributed by atoms with van der Waals surface area (Å²) in [5.74, 6) is 0. The Morgan fingerprint density at radius 2 is 1.12 bits per heavy atom. The molecule has 0 saturated heterocycles. The second kappa shape index (κ2) is 6.16. The molecule has 4 rings (SSSR count). The number of fused-ring (bicyclic) bond motifs is 2. The van der Waals surface area contributed by atoms with Crippen LogP contribution in [0.15, 0.2) is 58.9 Å². The monoisotopic (exact) mass is 382 g/mol. The van der Waals surface area contributed by atoms with Gasteiger partial charge >= 0.3 is 0 Å². The lowest BCUT2D eigenvalue weighted by Crippen LogP contribution is -2.27. The van der Waals surface area contributed by atoms with Crippen molar-refractivity contribution in [3.05, 3.63) is 81.2 Å². The van der Waals surface area contributed by atoms with Crippen LogP contribution in [0.25, 0.3) is 12.2 Å². The molecule has 0 amide bonds. The molecule has 2 atom stereocenters. The first-order chi connectivity index (χ1) is 12.0. The molecule has 2 aliphatic carbocycles. The maximum absolute atomic E-state index is 7.15. The van der Waals surface area contributed by atoms with Crippen molar-refractivity contribution in [2.45, 2.75) is 36.4 Å². The quantitative estimate of drug-likeness (QED) is 0.418. The Hall–Kier alpha value is -1.28. The smallest absolute Gasteiger partial charge is 0.110 e. The minimum Gasteiger partial charge on any atom is -0.110 e. The van der Waals surface area contributed by atoms with Crippen LogP contribution in [0.3, 0.4) is 0 Å². The summed E-state index contributed by atoms with van der Waals surface area (Å²) < 4.78 is 0. The number of hydrogen-bond donors (Lipinski definition) is 0. The fraction of sp³-hybridized carbons (Fsp3) is 0.273. The number of halogens is 2. The summed E-state index contributed by atoms with van der Waals surface area (Å²) in [6.07, 6.45) is 6.32. The minimum atomic E-state index is -0.407. The topological polar surface area (TPSA) is 0 Å². The van der Waals surface area contributed by atoms with Gasteiger partial charge in [0.25, 0.3) is 0 Å². The molecule has 2 unspecified atom stereocenters. The number of alkyl halides is 2. The highest BCUT2D eigenvalue weighted by Gasteiger charge is 2.43. The first-order valence-electron chi connectivity index (χ1n) is 8.81. The Morgan fingerprint density at radius 3 is 1.52 bits per heavy atom. The van der Waals surface area contributed by atoms with Gasteiger partial charge in [-0.15, -0.1) is 23.2 Å². The van der Waals surface area contributed by atoms with E-state index in [4.69, 9.17) is 23.2 Å². The highest BCUT2D eigenvalue weighted by molar-refractivity contribution is 6.62. The molecule has 0 bridgehead atoms. The molecule has 2 aromatic rings. The maximum atomic E-state index is 7.15. The zero-order valence-corrected chi connectivity index (χ0v) is 17.0. The molecular formula is C22H20Cl2Si. The highest BCUT2D eigenvalue weighted by Crippen LogP contribution is 2.52. The van der Waals surface area contributed by atoms with Crippen LogP contribution in [-0.4, -0.2) is 9.52 Å². The van der Waals surface area contributed by atoms with Gasteiger partial charge in [-0.25, -0.2) is 0 Å². The zero-order valence-electron chi connectivity index (χ0n) is 14.4. The van der Waals surface area contributed by atoms with Crippen molar-refractivity contribution in [1.29, 1.82) is 0 Å². The lowest BCUT2D eigenvalue weighted by molar-refractivity contribution is 0.708. The van der Waals surface area contributed by atoms with Crippen molar-refractivity contribution in [3.63, 3.8) is 0 Å². The van der Waals surface area contributed by atoms with Gasteiger partial charge in [-0.1, -0.05) is 84.9 Å². The summed E-state index contributed by atoms with van der Waals surface area (Å²) in [4.78, 5) is -0.813. The summed E-state index contributed by atoms with van der Waals surface area (Å²) in [6.45, 7) is 4.33. The van der Waals surface area contributed by atoms with Crippen molar-refractivity contribution in [2.75, 3.05) is 0 Å². The Balaban J connectivity index is 1.74. The van der Waals surface area contributed by atoms with Crippen LogP contribution in [0.1, 0.15) is 48.9 Å². The Labute approximate surface area is 162 Å². The van der Waals surface area contributed by atoms with Gasteiger partial charge < -0.3 is 0 Å². The van der Waals surface area contributed by atoms with Crippen LogP contribution >= 0.6 is 23.2 Å². The molecular weight excluding hydrogens is 363 g/mol. The van der Waals surface area contributed by atoms with Crippen LogP contribution in [-0.2, 0) is 9.75 Å². The molecule has 0 aliphatic heterocycles.